The quantitative estimate of drug-likeness (QED) is 0.486. The van der Waals surface area contributed by atoms with Crippen LogP contribution in [0.3, 0.4) is 0 Å². The summed E-state index contributed by atoms with van der Waals surface area (Å²) in [6.07, 6.45) is 0.715. The highest BCUT2D eigenvalue weighted by Crippen LogP contribution is 1.80. The Hall–Kier alpha value is -0.540. The van der Waals surface area contributed by atoms with Gasteiger partial charge in [0, 0.05) is 6.54 Å². The molecule has 0 aliphatic rings. The predicted molar refractivity (Wildman–Crippen MR) is 31.2 cm³/mol. The summed E-state index contributed by atoms with van der Waals surface area (Å²) in [4.78, 5) is 0. The summed E-state index contributed by atoms with van der Waals surface area (Å²) in [5.74, 6) is 0. The SMILES string of the molecule is C=COCC(O)CN. The van der Waals surface area contributed by atoms with Crippen LogP contribution in [0.2, 0.25) is 0 Å². The van der Waals surface area contributed by atoms with E-state index >= 15 is 0 Å². The Morgan fingerprint density at radius 1 is 1.88 bits per heavy atom. The molecule has 0 heterocycles. The number of aliphatic hydroxyl groups is 1. The summed E-state index contributed by atoms with van der Waals surface area (Å²) in [7, 11) is 0. The molecule has 0 spiro atoms. The van der Waals surface area contributed by atoms with Crippen molar-refractivity contribution in [2.45, 2.75) is 6.10 Å². The van der Waals surface area contributed by atoms with Crippen LogP contribution in [0.5, 0.6) is 0 Å². The van der Waals surface area contributed by atoms with E-state index in [9.17, 15) is 0 Å². The van der Waals surface area contributed by atoms with Crippen LogP contribution in [0.1, 0.15) is 0 Å². The lowest BCUT2D eigenvalue weighted by molar-refractivity contribution is 0.0906. The maximum atomic E-state index is 8.69. The van der Waals surface area contributed by atoms with Gasteiger partial charge in [-0.25, -0.2) is 0 Å². The molecule has 3 nitrogen and oxygen atoms in total. The maximum absolute atomic E-state index is 8.69. The molecule has 0 saturated carbocycles. The standard InChI is InChI=1S/C5H11NO2/c1-2-8-4-5(7)3-6/h2,5,7H,1,3-4,6H2. The van der Waals surface area contributed by atoms with Crippen molar-refractivity contribution in [2.75, 3.05) is 13.2 Å². The summed E-state index contributed by atoms with van der Waals surface area (Å²) < 4.78 is 4.62. The van der Waals surface area contributed by atoms with Crippen LogP contribution < -0.4 is 5.73 Å². The number of hydrogen-bond acceptors (Lipinski definition) is 3. The lowest BCUT2D eigenvalue weighted by Crippen LogP contribution is -2.23. The van der Waals surface area contributed by atoms with Gasteiger partial charge < -0.3 is 15.6 Å². The third-order valence-corrected chi connectivity index (χ3v) is 0.679. The molecule has 1 unspecified atom stereocenters. The smallest absolute Gasteiger partial charge is 0.114 e. The Bertz CT molecular complexity index is 65.4. The Labute approximate surface area is 48.8 Å². The van der Waals surface area contributed by atoms with E-state index in [0.717, 1.165) is 0 Å². The summed E-state index contributed by atoms with van der Waals surface area (Å²) in [6, 6.07) is 0. The Morgan fingerprint density at radius 2 is 2.50 bits per heavy atom. The molecule has 0 aliphatic carbocycles. The second-order valence-electron chi connectivity index (χ2n) is 1.39. The first-order valence-electron chi connectivity index (χ1n) is 2.42. The molecule has 0 bridgehead atoms. The van der Waals surface area contributed by atoms with Gasteiger partial charge in [-0.1, -0.05) is 6.58 Å². The lowest BCUT2D eigenvalue weighted by Gasteiger charge is -2.04. The van der Waals surface area contributed by atoms with Gasteiger partial charge in [0.1, 0.15) is 12.7 Å². The van der Waals surface area contributed by atoms with Crippen molar-refractivity contribution in [1.29, 1.82) is 0 Å². The van der Waals surface area contributed by atoms with Crippen LogP contribution in [0.25, 0.3) is 0 Å². The molecule has 0 radical (unpaired) electrons. The van der Waals surface area contributed by atoms with Crippen molar-refractivity contribution in [1.82, 2.24) is 0 Å². The molecule has 0 aromatic rings. The highest BCUT2D eigenvalue weighted by molar-refractivity contribution is 4.56. The first-order valence-corrected chi connectivity index (χ1v) is 2.42. The van der Waals surface area contributed by atoms with Crippen LogP contribution in [0.15, 0.2) is 12.8 Å². The summed E-state index contributed by atoms with van der Waals surface area (Å²) in [5.41, 5.74) is 5.05. The number of nitrogens with two attached hydrogens (primary N) is 1. The van der Waals surface area contributed by atoms with Gasteiger partial charge in [-0.15, -0.1) is 0 Å². The number of ether oxygens (including phenoxy) is 1. The predicted octanol–water partition coefficient (Wildman–Crippen LogP) is -0.534. The number of hydrogen-bond donors (Lipinski definition) is 2. The molecule has 48 valence electrons. The summed E-state index contributed by atoms with van der Waals surface area (Å²) in [5, 5.41) is 8.69. The van der Waals surface area contributed by atoms with Crippen LogP contribution >= 0.6 is 0 Å². The Balaban J connectivity index is 2.97. The molecule has 1 atom stereocenters. The zero-order chi connectivity index (χ0) is 6.41. The highest BCUT2D eigenvalue weighted by Gasteiger charge is 1.96. The first kappa shape index (κ1) is 7.46. The van der Waals surface area contributed by atoms with Gasteiger partial charge in [-0.05, 0) is 0 Å². The first-order chi connectivity index (χ1) is 3.81. The van der Waals surface area contributed by atoms with Gasteiger partial charge in [-0.3, -0.25) is 0 Å². The normalized spacial score (nSPS) is 12.8. The van der Waals surface area contributed by atoms with Crippen LogP contribution in [0, 0.1) is 0 Å². The van der Waals surface area contributed by atoms with E-state index in [4.69, 9.17) is 10.8 Å². The molecule has 0 saturated heterocycles. The van der Waals surface area contributed by atoms with Gasteiger partial charge in [-0.2, -0.15) is 0 Å². The minimum Gasteiger partial charge on any atom is -0.499 e. The fourth-order valence-corrected chi connectivity index (χ4v) is 0.247. The summed E-state index contributed by atoms with van der Waals surface area (Å²) in [6.45, 7) is 3.76. The fourth-order valence-electron chi connectivity index (χ4n) is 0.247. The average molecular weight is 117 g/mol. The third-order valence-electron chi connectivity index (χ3n) is 0.679. The number of aliphatic hydroxyl groups excluding tert-OH is 1. The van der Waals surface area contributed by atoms with E-state index in [1.807, 2.05) is 0 Å². The van der Waals surface area contributed by atoms with E-state index in [1.54, 1.807) is 0 Å². The van der Waals surface area contributed by atoms with E-state index in [1.165, 1.54) is 6.26 Å². The van der Waals surface area contributed by atoms with Crippen LogP contribution in [0.4, 0.5) is 0 Å². The van der Waals surface area contributed by atoms with Crippen molar-refractivity contribution < 1.29 is 9.84 Å². The molecular formula is C5H11NO2. The van der Waals surface area contributed by atoms with Gasteiger partial charge in [0.05, 0.1) is 6.26 Å². The summed E-state index contributed by atoms with van der Waals surface area (Å²) >= 11 is 0. The second kappa shape index (κ2) is 4.61. The molecular weight excluding hydrogens is 106 g/mol. The van der Waals surface area contributed by atoms with Crippen LogP contribution in [-0.4, -0.2) is 24.4 Å². The molecule has 0 rings (SSSR count). The number of rotatable bonds is 4. The molecule has 3 N–H and O–H groups in total. The van der Waals surface area contributed by atoms with E-state index in [-0.39, 0.29) is 13.2 Å². The second-order valence-corrected chi connectivity index (χ2v) is 1.39. The molecule has 0 aliphatic heterocycles. The van der Waals surface area contributed by atoms with Crippen molar-refractivity contribution in [2.24, 2.45) is 5.73 Å². The van der Waals surface area contributed by atoms with Gasteiger partial charge in [0.15, 0.2) is 0 Å². The lowest BCUT2D eigenvalue weighted by atomic mass is 10.4. The van der Waals surface area contributed by atoms with E-state index in [2.05, 4.69) is 11.3 Å². The maximum Gasteiger partial charge on any atom is 0.114 e. The molecule has 3 heteroatoms. The molecule has 0 fully saturated rings. The van der Waals surface area contributed by atoms with Crippen molar-refractivity contribution in [3.8, 4) is 0 Å². The van der Waals surface area contributed by atoms with Crippen LogP contribution in [-0.2, 0) is 4.74 Å². The largest absolute Gasteiger partial charge is 0.499 e. The van der Waals surface area contributed by atoms with E-state index in [0.29, 0.717) is 0 Å². The minimum absolute atomic E-state index is 0.230. The van der Waals surface area contributed by atoms with Crippen molar-refractivity contribution in [3.63, 3.8) is 0 Å². The molecule has 0 amide bonds. The molecule has 8 heavy (non-hydrogen) atoms. The Morgan fingerprint density at radius 3 is 2.88 bits per heavy atom. The molecule has 0 aromatic carbocycles. The zero-order valence-electron chi connectivity index (χ0n) is 4.71. The fraction of sp³-hybridized carbons (Fsp3) is 0.600. The average Bonchev–Trinajstić information content (AvgIpc) is 1.83. The van der Waals surface area contributed by atoms with Gasteiger partial charge in [0.2, 0.25) is 0 Å². The van der Waals surface area contributed by atoms with Crippen molar-refractivity contribution in [3.05, 3.63) is 12.8 Å². The molecule has 0 aromatic heterocycles. The zero-order valence-corrected chi connectivity index (χ0v) is 4.71. The topological polar surface area (TPSA) is 55.5 Å². The van der Waals surface area contributed by atoms with Gasteiger partial charge in [0.25, 0.3) is 0 Å². The van der Waals surface area contributed by atoms with Gasteiger partial charge >= 0.3 is 0 Å². The minimum atomic E-state index is -0.562. The third kappa shape index (κ3) is 3.64. The monoisotopic (exact) mass is 117 g/mol. The Kier molecular flexibility index (Phi) is 4.30. The van der Waals surface area contributed by atoms with Crippen molar-refractivity contribution >= 4 is 0 Å². The van der Waals surface area contributed by atoms with E-state index < -0.39 is 6.10 Å². The highest BCUT2D eigenvalue weighted by atomic mass is 16.5.